The number of hydrogen-bond acceptors (Lipinski definition) is 0. The highest BCUT2D eigenvalue weighted by Crippen LogP contribution is 2.15. The van der Waals surface area contributed by atoms with Crippen LogP contribution in [0.1, 0.15) is 6.92 Å². The average Bonchev–Trinajstić information content (AvgIpc) is 1.30. The van der Waals surface area contributed by atoms with E-state index in [2.05, 4.69) is 0 Å². The zero-order valence-electron chi connectivity index (χ0n) is 4.29. The van der Waals surface area contributed by atoms with Crippen molar-refractivity contribution in [1.29, 1.82) is 0 Å². The summed E-state index contributed by atoms with van der Waals surface area (Å²) in [5.41, 5.74) is 0. The average molecular weight is 128 g/mol. The fourth-order valence-corrected chi connectivity index (χ4v) is 0.189. The van der Waals surface area contributed by atoms with Crippen LogP contribution in [-0.4, -0.2) is 11.7 Å². The molecule has 0 aliphatic rings. The van der Waals surface area contributed by atoms with E-state index in [1.807, 2.05) is 0 Å². The Labute approximate surface area is 45.1 Å². The third-order valence-electron chi connectivity index (χ3n) is 0.356. The third-order valence-corrected chi connectivity index (χ3v) is 0.356. The molecule has 0 aliphatic heterocycles. The van der Waals surface area contributed by atoms with Gasteiger partial charge in [0.05, 0.1) is 0 Å². The highest BCUT2D eigenvalue weighted by Gasteiger charge is 2.20. The van der Waals surface area contributed by atoms with Crippen LogP contribution in [0.2, 0.25) is 0 Å². The van der Waals surface area contributed by atoms with Crippen molar-refractivity contribution < 1.29 is 18.6 Å². The molecule has 0 aliphatic carbocycles. The minimum Gasteiger partial charge on any atom is -0.412 e. The Balaban J connectivity index is 0. The van der Waals surface area contributed by atoms with E-state index in [9.17, 15) is 13.2 Å². The second-order valence-electron chi connectivity index (χ2n) is 1.04. The molecule has 0 bridgehead atoms. The Morgan fingerprint density at radius 1 is 1.25 bits per heavy atom. The highest BCUT2D eigenvalue weighted by molar-refractivity contribution is 4.84. The fraction of sp³-hybridized carbons (Fsp3) is 0.500. The van der Waals surface area contributed by atoms with Gasteiger partial charge in [-0.2, -0.15) is 13.2 Å². The summed E-state index contributed by atoms with van der Waals surface area (Å²) in [7, 11) is 0. The van der Waals surface area contributed by atoms with Crippen molar-refractivity contribution in [2.45, 2.75) is 13.1 Å². The molecule has 0 heterocycles. The smallest absolute Gasteiger partial charge is 0.409 e. The summed E-state index contributed by atoms with van der Waals surface area (Å²) >= 11 is 0. The summed E-state index contributed by atoms with van der Waals surface area (Å²) in [6.45, 7) is 1.33. The first-order valence-electron chi connectivity index (χ1n) is 1.77. The maximum absolute atomic E-state index is 11.0. The second kappa shape index (κ2) is 3.49. The van der Waals surface area contributed by atoms with Gasteiger partial charge in [0.1, 0.15) is 0 Å². The molecule has 50 valence electrons. The first-order valence-corrected chi connectivity index (χ1v) is 1.77. The number of halogens is 3. The summed E-state index contributed by atoms with van der Waals surface area (Å²) in [4.78, 5) is 0. The molecule has 0 aromatic rings. The number of alkyl halides is 3. The van der Waals surface area contributed by atoms with Crippen LogP contribution >= 0.6 is 0 Å². The van der Waals surface area contributed by atoms with Gasteiger partial charge in [-0.1, -0.05) is 6.08 Å². The van der Waals surface area contributed by atoms with Gasteiger partial charge in [0, 0.05) is 6.08 Å². The van der Waals surface area contributed by atoms with E-state index < -0.39 is 6.18 Å². The van der Waals surface area contributed by atoms with Gasteiger partial charge in [0.15, 0.2) is 0 Å². The van der Waals surface area contributed by atoms with Gasteiger partial charge >= 0.3 is 6.18 Å². The summed E-state index contributed by atoms with van der Waals surface area (Å²) in [6, 6.07) is 0. The maximum Gasteiger partial charge on any atom is 0.409 e. The van der Waals surface area contributed by atoms with E-state index in [1.54, 1.807) is 0 Å². The molecule has 4 heteroatoms. The van der Waals surface area contributed by atoms with Gasteiger partial charge in [0.2, 0.25) is 0 Å². The van der Waals surface area contributed by atoms with Crippen LogP contribution in [-0.2, 0) is 0 Å². The molecule has 0 radical (unpaired) electrons. The van der Waals surface area contributed by atoms with Crippen LogP contribution in [0.3, 0.4) is 0 Å². The van der Waals surface area contributed by atoms with E-state index in [1.165, 1.54) is 6.92 Å². The minimum absolute atomic E-state index is 0. The summed E-state index contributed by atoms with van der Waals surface area (Å²) in [5.74, 6) is 0. The molecular weight excluding hydrogens is 121 g/mol. The molecule has 0 atom stereocenters. The highest BCUT2D eigenvalue weighted by atomic mass is 19.4. The lowest BCUT2D eigenvalue weighted by molar-refractivity contribution is -0.0799. The predicted octanol–water partition coefficient (Wildman–Crippen LogP) is 1.30. The molecule has 0 rings (SSSR count). The van der Waals surface area contributed by atoms with Crippen LogP contribution in [0, 0.1) is 0 Å². The third kappa shape index (κ3) is 9.09. The molecule has 0 unspecified atom stereocenters. The summed E-state index contributed by atoms with van der Waals surface area (Å²) in [6.07, 6.45) is -2.98. The monoisotopic (exact) mass is 128 g/mol. The lowest BCUT2D eigenvalue weighted by atomic mass is 10.5. The molecule has 1 nitrogen and oxygen atoms in total. The Bertz CT molecular complexity index is 73.8. The van der Waals surface area contributed by atoms with E-state index >= 15 is 0 Å². The van der Waals surface area contributed by atoms with Crippen LogP contribution in [0.5, 0.6) is 0 Å². The van der Waals surface area contributed by atoms with Crippen molar-refractivity contribution in [1.82, 2.24) is 0 Å². The van der Waals surface area contributed by atoms with E-state index in [0.717, 1.165) is 6.08 Å². The van der Waals surface area contributed by atoms with Crippen molar-refractivity contribution in [3.63, 3.8) is 0 Å². The van der Waals surface area contributed by atoms with Gasteiger partial charge in [-0.3, -0.25) is 0 Å². The van der Waals surface area contributed by atoms with Gasteiger partial charge in [0.25, 0.3) is 0 Å². The first kappa shape index (κ1) is 10.5. The van der Waals surface area contributed by atoms with Crippen molar-refractivity contribution in [3.8, 4) is 0 Å². The molecule has 0 aromatic heterocycles. The standard InChI is InChI=1S/C4H5F3.H2O/c1-2-3-4(5,6)7;/h2-3H,1H3;1H2. The first-order chi connectivity index (χ1) is 3.06. The SMILES string of the molecule is CC=CC(F)(F)F.O. The van der Waals surface area contributed by atoms with Gasteiger partial charge in [-0.25, -0.2) is 0 Å². The molecule has 0 saturated heterocycles. The van der Waals surface area contributed by atoms with Crippen molar-refractivity contribution in [2.75, 3.05) is 0 Å². The Morgan fingerprint density at radius 2 is 1.62 bits per heavy atom. The number of hydrogen-bond donors (Lipinski definition) is 0. The van der Waals surface area contributed by atoms with Crippen molar-refractivity contribution in [3.05, 3.63) is 12.2 Å². The summed E-state index contributed by atoms with van der Waals surface area (Å²) < 4.78 is 32.9. The van der Waals surface area contributed by atoms with Crippen molar-refractivity contribution >= 4 is 0 Å². The largest absolute Gasteiger partial charge is 0.412 e. The molecule has 0 amide bonds. The van der Waals surface area contributed by atoms with E-state index in [4.69, 9.17) is 0 Å². The van der Waals surface area contributed by atoms with Crippen LogP contribution in [0.15, 0.2) is 12.2 Å². The lowest BCUT2D eigenvalue weighted by Crippen LogP contribution is -1.99. The topological polar surface area (TPSA) is 31.5 Å². The molecule has 0 aromatic carbocycles. The lowest BCUT2D eigenvalue weighted by Gasteiger charge is -1.93. The summed E-state index contributed by atoms with van der Waals surface area (Å²) in [5, 5.41) is 0. The number of allylic oxidation sites excluding steroid dienone is 2. The number of rotatable bonds is 0. The van der Waals surface area contributed by atoms with Gasteiger partial charge in [-0.05, 0) is 6.92 Å². The molecule has 0 fully saturated rings. The maximum atomic E-state index is 11.0. The zero-order chi connectivity index (χ0) is 5.91. The second-order valence-corrected chi connectivity index (χ2v) is 1.04. The Kier molecular flexibility index (Phi) is 4.56. The molecule has 0 saturated carbocycles. The molecule has 0 spiro atoms. The Morgan fingerprint density at radius 3 is 1.62 bits per heavy atom. The molecule has 2 N–H and O–H groups in total. The normalized spacial score (nSPS) is 11.5. The quantitative estimate of drug-likeness (QED) is 0.440. The van der Waals surface area contributed by atoms with E-state index in [-0.39, 0.29) is 11.6 Å². The van der Waals surface area contributed by atoms with Crippen LogP contribution in [0.4, 0.5) is 13.2 Å². The zero-order valence-corrected chi connectivity index (χ0v) is 4.29. The van der Waals surface area contributed by atoms with Crippen molar-refractivity contribution in [2.24, 2.45) is 0 Å². The fourth-order valence-electron chi connectivity index (χ4n) is 0.189. The van der Waals surface area contributed by atoms with Gasteiger partial charge < -0.3 is 5.48 Å². The minimum atomic E-state index is -4.13. The van der Waals surface area contributed by atoms with E-state index in [0.29, 0.717) is 0 Å². The molecule has 8 heavy (non-hydrogen) atoms. The van der Waals surface area contributed by atoms with Crippen LogP contribution < -0.4 is 0 Å². The molecular formula is C4H7F3O. The predicted molar refractivity (Wildman–Crippen MR) is 24.5 cm³/mol. The Hall–Kier alpha value is -0.510. The van der Waals surface area contributed by atoms with Gasteiger partial charge in [-0.15, -0.1) is 0 Å². The van der Waals surface area contributed by atoms with Crippen LogP contribution in [0.25, 0.3) is 0 Å².